The average Bonchev–Trinajstić information content (AvgIpc) is 4.07. The lowest BCUT2D eigenvalue weighted by Crippen LogP contribution is -2.04. The molecule has 0 bridgehead atoms. The van der Waals surface area contributed by atoms with Crippen LogP contribution in [0.2, 0.25) is 0 Å². The quantitative estimate of drug-likeness (QED) is 0.174. The van der Waals surface area contributed by atoms with Gasteiger partial charge in [-0.3, -0.25) is 9.13 Å². The Morgan fingerprint density at radius 1 is 0.328 bits per heavy atom. The third-order valence-electron chi connectivity index (χ3n) is 13.4. The van der Waals surface area contributed by atoms with Crippen LogP contribution >= 0.6 is 0 Å². The van der Waals surface area contributed by atoms with E-state index in [4.69, 9.17) is 9.97 Å². The molecule has 14 rings (SSSR count). The Balaban J connectivity index is 0.949. The number of allylic oxidation sites excluding steroid dienone is 1. The number of aryl methyl sites for hydroxylation is 1. The van der Waals surface area contributed by atoms with Crippen LogP contribution < -0.4 is 0 Å². The van der Waals surface area contributed by atoms with Gasteiger partial charge in [0.1, 0.15) is 11.6 Å². The van der Waals surface area contributed by atoms with Gasteiger partial charge in [0.05, 0.1) is 55.7 Å². The van der Waals surface area contributed by atoms with E-state index in [0.717, 1.165) is 63.8 Å². The molecule has 300 valence electrons. The monoisotopic (exact) mass is 818 g/mol. The number of rotatable bonds is 5. The predicted molar refractivity (Wildman–Crippen MR) is 265 cm³/mol. The molecule has 0 N–H and O–H groups in total. The van der Waals surface area contributed by atoms with E-state index in [-0.39, 0.29) is 0 Å². The molecule has 1 aliphatic carbocycles. The summed E-state index contributed by atoms with van der Waals surface area (Å²) < 4.78 is 9.49. The second kappa shape index (κ2) is 13.5. The first-order valence-corrected chi connectivity index (χ1v) is 22.1. The van der Waals surface area contributed by atoms with Crippen LogP contribution in [-0.4, -0.2) is 28.2 Å². The maximum Gasteiger partial charge on any atom is 0.138 e. The lowest BCUT2D eigenvalue weighted by atomic mass is 10.00. The van der Waals surface area contributed by atoms with Gasteiger partial charge >= 0.3 is 0 Å². The van der Waals surface area contributed by atoms with Crippen LogP contribution in [0.4, 0.5) is 0 Å². The van der Waals surface area contributed by atoms with Gasteiger partial charge in [-0.1, -0.05) is 109 Å². The van der Waals surface area contributed by atoms with E-state index >= 15 is 0 Å². The van der Waals surface area contributed by atoms with E-state index in [0.29, 0.717) is 0 Å². The Kier molecular flexibility index (Phi) is 7.42. The highest BCUT2D eigenvalue weighted by atomic mass is 15.1. The fraction of sp³-hybridized carbons (Fsp3) is 0.0345. The molecule has 0 unspecified atom stereocenters. The van der Waals surface area contributed by atoms with Gasteiger partial charge in [0, 0.05) is 49.1 Å². The molecule has 6 nitrogen and oxygen atoms in total. The molecule has 0 fully saturated rings. The molecule has 0 radical (unpaired) electrons. The van der Waals surface area contributed by atoms with Gasteiger partial charge in [-0.2, -0.15) is 0 Å². The summed E-state index contributed by atoms with van der Waals surface area (Å²) in [5, 5.41) is 8.54. The van der Waals surface area contributed by atoms with Crippen molar-refractivity contribution in [3.63, 3.8) is 0 Å². The van der Waals surface area contributed by atoms with Crippen LogP contribution in [0.5, 0.6) is 0 Å². The van der Waals surface area contributed by atoms with Crippen LogP contribution in [0.15, 0.2) is 200 Å². The van der Waals surface area contributed by atoms with E-state index in [9.17, 15) is 0 Å². The minimum Gasteiger partial charge on any atom is -0.309 e. The number of hydrogen-bond acceptors (Lipinski definition) is 2. The van der Waals surface area contributed by atoms with Crippen molar-refractivity contribution in [3.05, 3.63) is 211 Å². The highest BCUT2D eigenvalue weighted by molar-refractivity contribution is 6.19. The molecule has 1 aliphatic rings. The molecule has 0 amide bonds. The molecule has 13 aromatic rings. The maximum absolute atomic E-state index is 5.44. The van der Waals surface area contributed by atoms with Crippen molar-refractivity contribution in [1.29, 1.82) is 0 Å². The molecular weight excluding hydrogens is 781 g/mol. The van der Waals surface area contributed by atoms with Crippen LogP contribution in [0.25, 0.3) is 117 Å². The Morgan fingerprint density at radius 2 is 0.750 bits per heavy atom. The SMILES string of the molecule is C1=Cc2c(c3cc4c(cc3n2-c2cccc(-c3cccc(-n5c6ccccc6c6cc7c(cc65)c5ccccc5n7-c5ccccc5)n3)n2)c2ccccc2n4-c2ccccc2)CC1. The van der Waals surface area contributed by atoms with E-state index in [2.05, 4.69) is 225 Å². The summed E-state index contributed by atoms with van der Waals surface area (Å²) in [6.45, 7) is 0. The lowest BCUT2D eigenvalue weighted by molar-refractivity contribution is 0.952. The number of pyridine rings is 2. The van der Waals surface area contributed by atoms with Crippen molar-refractivity contribution in [2.75, 3.05) is 0 Å². The third kappa shape index (κ3) is 5.02. The van der Waals surface area contributed by atoms with Gasteiger partial charge in [0.15, 0.2) is 0 Å². The Morgan fingerprint density at radius 3 is 1.28 bits per heavy atom. The number of fused-ring (bicyclic) bond motifs is 12. The Labute approximate surface area is 367 Å². The van der Waals surface area contributed by atoms with Gasteiger partial charge in [0.2, 0.25) is 0 Å². The average molecular weight is 819 g/mol. The van der Waals surface area contributed by atoms with Crippen molar-refractivity contribution < 1.29 is 0 Å². The second-order valence-electron chi connectivity index (χ2n) is 16.9. The highest BCUT2D eigenvalue weighted by Gasteiger charge is 2.24. The van der Waals surface area contributed by atoms with Gasteiger partial charge < -0.3 is 9.13 Å². The zero-order valence-corrected chi connectivity index (χ0v) is 34.7. The van der Waals surface area contributed by atoms with Gasteiger partial charge in [-0.05, 0) is 115 Å². The first kappa shape index (κ1) is 35.2. The molecule has 0 aliphatic heterocycles. The zero-order chi connectivity index (χ0) is 41.9. The molecular formula is C58H38N6. The van der Waals surface area contributed by atoms with Gasteiger partial charge in [0.25, 0.3) is 0 Å². The first-order valence-electron chi connectivity index (χ1n) is 22.1. The highest BCUT2D eigenvalue weighted by Crippen LogP contribution is 2.42. The number of benzene rings is 7. The van der Waals surface area contributed by atoms with Crippen LogP contribution in [0.1, 0.15) is 17.7 Å². The van der Waals surface area contributed by atoms with E-state index in [1.54, 1.807) is 0 Å². The van der Waals surface area contributed by atoms with Crippen molar-refractivity contribution in [2.45, 2.75) is 12.8 Å². The summed E-state index contributed by atoms with van der Waals surface area (Å²) in [5.74, 6) is 1.73. The van der Waals surface area contributed by atoms with Crippen molar-refractivity contribution in [1.82, 2.24) is 28.2 Å². The van der Waals surface area contributed by atoms with Crippen LogP contribution in [-0.2, 0) is 6.42 Å². The van der Waals surface area contributed by atoms with Crippen molar-refractivity contribution in [3.8, 4) is 34.4 Å². The standard InChI is InChI=1S/C58H38N6/c1-3-17-37(18-4-1)61-49-27-11-7-21-39(49)43-35-55-45(33-53(43)61)41-23-9-13-29-51(41)63(55)57-31-15-25-47(59-57)48-26-16-32-58(60-48)64-52-30-14-10-24-42(52)46-34-54-44(36-56(46)64)40-22-8-12-28-50(40)62(54)38-19-5-2-6-20-38/h1-9,11-23,25-36H,10,24H2. The molecule has 0 saturated carbocycles. The molecule has 6 aromatic heterocycles. The van der Waals surface area contributed by atoms with E-state index < -0.39 is 0 Å². The van der Waals surface area contributed by atoms with Gasteiger partial charge in [-0.25, -0.2) is 9.97 Å². The fourth-order valence-electron chi connectivity index (χ4n) is 10.7. The number of aromatic nitrogens is 6. The summed E-state index contributed by atoms with van der Waals surface area (Å²) in [6.07, 6.45) is 6.58. The molecule has 6 heteroatoms. The third-order valence-corrected chi connectivity index (χ3v) is 13.4. The largest absolute Gasteiger partial charge is 0.309 e. The van der Waals surface area contributed by atoms with E-state index in [1.165, 1.54) is 71.0 Å². The molecule has 64 heavy (non-hydrogen) atoms. The van der Waals surface area contributed by atoms with Crippen molar-refractivity contribution in [2.24, 2.45) is 0 Å². The summed E-state index contributed by atoms with van der Waals surface area (Å²) in [7, 11) is 0. The number of nitrogens with zero attached hydrogens (tertiary/aromatic N) is 6. The molecule has 6 heterocycles. The summed E-state index contributed by atoms with van der Waals surface area (Å²) in [5.41, 5.74) is 14.7. The summed E-state index contributed by atoms with van der Waals surface area (Å²) >= 11 is 0. The van der Waals surface area contributed by atoms with Crippen LogP contribution in [0, 0.1) is 0 Å². The molecule has 0 atom stereocenters. The lowest BCUT2D eigenvalue weighted by Gasteiger charge is -2.13. The molecule has 0 saturated heterocycles. The molecule has 7 aromatic carbocycles. The predicted octanol–water partition coefficient (Wildman–Crippen LogP) is 14.3. The summed E-state index contributed by atoms with van der Waals surface area (Å²) in [6, 6.07) is 69.8. The first-order chi connectivity index (χ1) is 31.8. The zero-order valence-electron chi connectivity index (χ0n) is 34.7. The number of hydrogen-bond donors (Lipinski definition) is 0. The second-order valence-corrected chi connectivity index (χ2v) is 16.9. The fourth-order valence-corrected chi connectivity index (χ4v) is 10.7. The Hall–Kier alpha value is -8.48. The normalized spacial score (nSPS) is 12.8. The maximum atomic E-state index is 5.44. The summed E-state index contributed by atoms with van der Waals surface area (Å²) in [4.78, 5) is 10.9. The minimum absolute atomic E-state index is 0.821. The Bertz CT molecular complexity index is 4070. The molecule has 0 spiro atoms. The smallest absolute Gasteiger partial charge is 0.138 e. The number of para-hydroxylation sites is 5. The van der Waals surface area contributed by atoms with Crippen LogP contribution in [0.3, 0.4) is 0 Å². The van der Waals surface area contributed by atoms with Gasteiger partial charge in [-0.15, -0.1) is 0 Å². The minimum atomic E-state index is 0.821. The topological polar surface area (TPSA) is 45.5 Å². The van der Waals surface area contributed by atoms with Crippen molar-refractivity contribution >= 4 is 82.4 Å². The van der Waals surface area contributed by atoms with E-state index in [1.807, 2.05) is 0 Å².